The molecule has 0 aromatic carbocycles. The van der Waals surface area contributed by atoms with Crippen LogP contribution in [0.2, 0.25) is 0 Å². The van der Waals surface area contributed by atoms with Gasteiger partial charge in [-0.05, 0) is 19.3 Å². The number of ether oxygens (including phenoxy) is 2. The first kappa shape index (κ1) is 15.3. The number of rotatable bonds is 10. The number of unbranched alkanes of at least 4 members (excludes halogenated alkanes) is 1. The molecule has 0 saturated heterocycles. The second-order valence-corrected chi connectivity index (χ2v) is 3.62. The van der Waals surface area contributed by atoms with Crippen molar-refractivity contribution in [1.29, 1.82) is 0 Å². The van der Waals surface area contributed by atoms with Crippen molar-refractivity contribution < 1.29 is 14.3 Å². The van der Waals surface area contributed by atoms with E-state index < -0.39 is 0 Å². The number of nitrogens with one attached hydrogen (secondary N) is 1. The summed E-state index contributed by atoms with van der Waals surface area (Å²) in [5.74, 6) is -0.0669. The SMILES string of the molecule is CCC(N)C(=O)NCCCCOCCOC. The van der Waals surface area contributed by atoms with Crippen molar-refractivity contribution in [2.75, 3.05) is 33.5 Å². The van der Waals surface area contributed by atoms with Crippen LogP contribution in [0, 0.1) is 0 Å². The quantitative estimate of drug-likeness (QED) is 0.531. The van der Waals surface area contributed by atoms with Gasteiger partial charge in [-0.2, -0.15) is 0 Å². The molecule has 1 atom stereocenters. The second kappa shape index (κ2) is 10.9. The number of methoxy groups -OCH3 is 1. The minimum atomic E-state index is -0.377. The first-order chi connectivity index (χ1) is 7.72. The Kier molecular flexibility index (Phi) is 10.4. The van der Waals surface area contributed by atoms with Gasteiger partial charge in [-0.1, -0.05) is 6.92 Å². The van der Waals surface area contributed by atoms with Gasteiger partial charge in [-0.15, -0.1) is 0 Å². The lowest BCUT2D eigenvalue weighted by Crippen LogP contribution is -2.40. The van der Waals surface area contributed by atoms with E-state index in [0.717, 1.165) is 12.8 Å². The molecule has 3 N–H and O–H groups in total. The standard InChI is InChI=1S/C11H24N2O3/c1-3-10(12)11(14)13-6-4-5-7-16-9-8-15-2/h10H,3-9,12H2,1-2H3,(H,13,14). The zero-order valence-electron chi connectivity index (χ0n) is 10.3. The molecule has 16 heavy (non-hydrogen) atoms. The van der Waals surface area contributed by atoms with Gasteiger partial charge in [0.25, 0.3) is 0 Å². The summed E-state index contributed by atoms with van der Waals surface area (Å²) in [6.07, 6.45) is 2.52. The van der Waals surface area contributed by atoms with Crippen LogP contribution in [0.3, 0.4) is 0 Å². The van der Waals surface area contributed by atoms with Crippen LogP contribution in [0.4, 0.5) is 0 Å². The summed E-state index contributed by atoms with van der Waals surface area (Å²) in [5.41, 5.74) is 5.56. The Morgan fingerprint density at radius 2 is 2.06 bits per heavy atom. The van der Waals surface area contributed by atoms with Crippen LogP contribution < -0.4 is 11.1 Å². The predicted molar refractivity (Wildman–Crippen MR) is 63.2 cm³/mol. The molecular formula is C11H24N2O3. The first-order valence-electron chi connectivity index (χ1n) is 5.82. The minimum Gasteiger partial charge on any atom is -0.382 e. The number of hydrogen-bond donors (Lipinski definition) is 2. The fraction of sp³-hybridized carbons (Fsp3) is 0.909. The summed E-state index contributed by atoms with van der Waals surface area (Å²) in [6.45, 7) is 4.53. The molecule has 0 spiro atoms. The van der Waals surface area contributed by atoms with E-state index >= 15 is 0 Å². The Morgan fingerprint density at radius 1 is 1.31 bits per heavy atom. The van der Waals surface area contributed by atoms with Gasteiger partial charge in [-0.3, -0.25) is 4.79 Å². The number of hydrogen-bond acceptors (Lipinski definition) is 4. The highest BCUT2D eigenvalue weighted by Gasteiger charge is 2.08. The predicted octanol–water partition coefficient (Wildman–Crippen LogP) is 0.283. The average molecular weight is 232 g/mol. The molecule has 5 nitrogen and oxygen atoms in total. The lowest BCUT2D eigenvalue weighted by atomic mass is 10.2. The molecule has 0 saturated carbocycles. The third-order valence-corrected chi connectivity index (χ3v) is 2.22. The molecule has 0 aliphatic rings. The summed E-state index contributed by atoms with van der Waals surface area (Å²) in [6, 6.07) is -0.377. The molecule has 0 aliphatic carbocycles. The smallest absolute Gasteiger partial charge is 0.236 e. The van der Waals surface area contributed by atoms with Gasteiger partial charge in [0.1, 0.15) is 0 Å². The van der Waals surface area contributed by atoms with Crippen LogP contribution in [0.25, 0.3) is 0 Å². The fourth-order valence-corrected chi connectivity index (χ4v) is 1.10. The molecule has 0 rings (SSSR count). The van der Waals surface area contributed by atoms with Crippen LogP contribution in [0.1, 0.15) is 26.2 Å². The summed E-state index contributed by atoms with van der Waals surface area (Å²) in [5, 5.41) is 2.79. The van der Waals surface area contributed by atoms with E-state index in [9.17, 15) is 4.79 Å². The van der Waals surface area contributed by atoms with Crippen LogP contribution >= 0.6 is 0 Å². The van der Waals surface area contributed by atoms with Crippen molar-refractivity contribution in [1.82, 2.24) is 5.32 Å². The Morgan fingerprint density at radius 3 is 2.69 bits per heavy atom. The number of carbonyl (C=O) groups excluding carboxylic acids is 1. The zero-order valence-corrected chi connectivity index (χ0v) is 10.3. The zero-order chi connectivity index (χ0) is 12.2. The van der Waals surface area contributed by atoms with Crippen molar-refractivity contribution in [2.24, 2.45) is 5.73 Å². The number of carbonyl (C=O) groups is 1. The van der Waals surface area contributed by atoms with Crippen molar-refractivity contribution in [3.63, 3.8) is 0 Å². The monoisotopic (exact) mass is 232 g/mol. The molecule has 0 aromatic heterocycles. The molecule has 0 aromatic rings. The Bertz CT molecular complexity index is 177. The second-order valence-electron chi connectivity index (χ2n) is 3.62. The number of amides is 1. The molecule has 96 valence electrons. The molecule has 1 amide bonds. The normalized spacial score (nSPS) is 12.4. The summed E-state index contributed by atoms with van der Waals surface area (Å²) in [4.78, 5) is 11.3. The Hall–Kier alpha value is -0.650. The molecule has 0 aliphatic heterocycles. The largest absolute Gasteiger partial charge is 0.382 e. The van der Waals surface area contributed by atoms with Gasteiger partial charge in [-0.25, -0.2) is 0 Å². The maximum Gasteiger partial charge on any atom is 0.236 e. The van der Waals surface area contributed by atoms with E-state index in [1.54, 1.807) is 7.11 Å². The minimum absolute atomic E-state index is 0.0669. The highest BCUT2D eigenvalue weighted by molar-refractivity contribution is 5.81. The van der Waals surface area contributed by atoms with E-state index in [4.69, 9.17) is 15.2 Å². The number of nitrogens with two attached hydrogens (primary N) is 1. The van der Waals surface area contributed by atoms with E-state index in [1.165, 1.54) is 0 Å². The summed E-state index contributed by atoms with van der Waals surface area (Å²) >= 11 is 0. The molecule has 0 fully saturated rings. The Labute approximate surface area is 97.7 Å². The van der Waals surface area contributed by atoms with Crippen molar-refractivity contribution >= 4 is 5.91 Å². The van der Waals surface area contributed by atoms with E-state index in [-0.39, 0.29) is 11.9 Å². The first-order valence-corrected chi connectivity index (χ1v) is 5.82. The van der Waals surface area contributed by atoms with Gasteiger partial charge < -0.3 is 20.5 Å². The van der Waals surface area contributed by atoms with Crippen LogP contribution in [-0.4, -0.2) is 45.4 Å². The van der Waals surface area contributed by atoms with Crippen LogP contribution in [0.15, 0.2) is 0 Å². The fourth-order valence-electron chi connectivity index (χ4n) is 1.10. The van der Waals surface area contributed by atoms with Gasteiger partial charge in [0.05, 0.1) is 19.3 Å². The molecule has 0 heterocycles. The molecule has 0 bridgehead atoms. The maximum atomic E-state index is 11.3. The lowest BCUT2D eigenvalue weighted by Gasteiger charge is -2.09. The van der Waals surface area contributed by atoms with Gasteiger partial charge in [0.15, 0.2) is 0 Å². The van der Waals surface area contributed by atoms with E-state index in [1.807, 2.05) is 6.92 Å². The lowest BCUT2D eigenvalue weighted by molar-refractivity contribution is -0.122. The molecule has 5 heteroatoms. The Balaban J connectivity index is 3.18. The van der Waals surface area contributed by atoms with E-state index in [2.05, 4.69) is 5.32 Å². The highest BCUT2D eigenvalue weighted by atomic mass is 16.5. The molecule has 0 radical (unpaired) electrons. The van der Waals surface area contributed by atoms with Crippen molar-refractivity contribution in [3.8, 4) is 0 Å². The molecular weight excluding hydrogens is 208 g/mol. The van der Waals surface area contributed by atoms with Crippen LogP contribution in [-0.2, 0) is 14.3 Å². The third-order valence-electron chi connectivity index (χ3n) is 2.22. The van der Waals surface area contributed by atoms with Gasteiger partial charge in [0, 0.05) is 20.3 Å². The summed E-state index contributed by atoms with van der Waals surface area (Å²) in [7, 11) is 1.65. The van der Waals surface area contributed by atoms with Gasteiger partial charge in [0.2, 0.25) is 5.91 Å². The summed E-state index contributed by atoms with van der Waals surface area (Å²) < 4.78 is 10.1. The van der Waals surface area contributed by atoms with Crippen molar-refractivity contribution in [3.05, 3.63) is 0 Å². The topological polar surface area (TPSA) is 73.6 Å². The maximum absolute atomic E-state index is 11.3. The van der Waals surface area contributed by atoms with E-state index in [0.29, 0.717) is 32.8 Å². The van der Waals surface area contributed by atoms with Crippen LogP contribution in [0.5, 0.6) is 0 Å². The average Bonchev–Trinajstić information content (AvgIpc) is 2.31. The third kappa shape index (κ3) is 8.64. The van der Waals surface area contributed by atoms with Gasteiger partial charge >= 0.3 is 0 Å². The molecule has 1 unspecified atom stereocenters. The van der Waals surface area contributed by atoms with Crippen molar-refractivity contribution in [2.45, 2.75) is 32.2 Å². The highest BCUT2D eigenvalue weighted by Crippen LogP contribution is 1.90.